The van der Waals surface area contributed by atoms with Crippen LogP contribution in [0.5, 0.6) is 0 Å². The van der Waals surface area contributed by atoms with Gasteiger partial charge in [0.2, 0.25) is 0 Å². The Kier molecular flexibility index (Phi) is 5.24. The monoisotopic (exact) mass is 418 g/mol. The number of benzene rings is 4. The van der Waals surface area contributed by atoms with Gasteiger partial charge in [-0.05, 0) is 49.2 Å². The van der Waals surface area contributed by atoms with Crippen molar-refractivity contribution in [3.8, 4) is 0 Å². The van der Waals surface area contributed by atoms with Crippen molar-refractivity contribution in [1.82, 2.24) is 0 Å². The molecule has 0 spiro atoms. The summed E-state index contributed by atoms with van der Waals surface area (Å²) in [6.07, 6.45) is 0. The van der Waals surface area contributed by atoms with Gasteiger partial charge < -0.3 is 0 Å². The zero-order valence-electron chi connectivity index (χ0n) is 18.3. The number of carbonyl (C=O) groups excluding carboxylic acids is 1. The molecule has 4 aromatic carbocycles. The minimum Gasteiger partial charge on any atom is -0.284 e. The molecule has 1 saturated heterocycles. The highest BCUT2D eigenvalue weighted by Gasteiger charge is 2.48. The fraction of sp³-hybridized carbons (Fsp3) is 0.138. The van der Waals surface area contributed by atoms with Crippen molar-refractivity contribution < 1.29 is 4.79 Å². The molecular weight excluding hydrogens is 392 g/mol. The molecule has 0 radical (unpaired) electrons. The van der Waals surface area contributed by atoms with Crippen molar-refractivity contribution >= 4 is 17.4 Å². The Bertz CT molecular complexity index is 1100. The normalized spacial score (nSPS) is 18.2. The lowest BCUT2D eigenvalue weighted by Gasteiger charge is -2.29. The van der Waals surface area contributed by atoms with Gasteiger partial charge in [0.05, 0.1) is 12.1 Å². The van der Waals surface area contributed by atoms with Crippen LogP contribution in [-0.4, -0.2) is 6.03 Å². The first-order valence-electron chi connectivity index (χ1n) is 11.0. The summed E-state index contributed by atoms with van der Waals surface area (Å²) >= 11 is 0. The molecule has 1 aliphatic heterocycles. The van der Waals surface area contributed by atoms with E-state index in [1.807, 2.05) is 70.5 Å². The molecule has 0 N–H and O–H groups in total. The van der Waals surface area contributed by atoms with E-state index in [-0.39, 0.29) is 18.1 Å². The lowest BCUT2D eigenvalue weighted by atomic mass is 9.91. The topological polar surface area (TPSA) is 23.6 Å². The lowest BCUT2D eigenvalue weighted by molar-refractivity contribution is 0.255. The van der Waals surface area contributed by atoms with E-state index in [2.05, 4.69) is 62.4 Å². The number of nitrogens with zero attached hydrogens (tertiary/aromatic N) is 2. The minimum absolute atomic E-state index is 0.0152. The van der Waals surface area contributed by atoms with Crippen molar-refractivity contribution in [2.45, 2.75) is 25.9 Å². The van der Waals surface area contributed by atoms with Crippen molar-refractivity contribution in [3.63, 3.8) is 0 Å². The zero-order chi connectivity index (χ0) is 22.1. The SMILES string of the molecule is Cc1ccc([C@@H]2[C@H](c3ccc(C)cc3)N(c3ccccc3)C(=O)N2c2ccccc2)cc1. The quantitative estimate of drug-likeness (QED) is 0.343. The number of para-hydroxylation sites is 2. The Balaban J connectivity index is 1.74. The minimum atomic E-state index is -0.159. The molecule has 0 bridgehead atoms. The van der Waals surface area contributed by atoms with Crippen LogP contribution >= 0.6 is 0 Å². The van der Waals surface area contributed by atoms with Gasteiger partial charge >= 0.3 is 6.03 Å². The average molecular weight is 419 g/mol. The van der Waals surface area contributed by atoms with Crippen LogP contribution in [0, 0.1) is 13.8 Å². The fourth-order valence-electron chi connectivity index (χ4n) is 4.55. The number of anilines is 2. The Morgan fingerprint density at radius 2 is 0.844 bits per heavy atom. The molecule has 0 unspecified atom stereocenters. The van der Waals surface area contributed by atoms with Gasteiger partial charge in [-0.1, -0.05) is 96.1 Å². The maximum absolute atomic E-state index is 14.1. The van der Waals surface area contributed by atoms with Gasteiger partial charge in [0.15, 0.2) is 0 Å². The summed E-state index contributed by atoms with van der Waals surface area (Å²) < 4.78 is 0. The van der Waals surface area contributed by atoms with Gasteiger partial charge in [0, 0.05) is 11.4 Å². The van der Waals surface area contributed by atoms with Crippen molar-refractivity contribution in [2.75, 3.05) is 9.80 Å². The molecule has 0 saturated carbocycles. The molecule has 32 heavy (non-hydrogen) atoms. The third kappa shape index (κ3) is 3.56. The van der Waals surface area contributed by atoms with E-state index in [4.69, 9.17) is 0 Å². The molecule has 3 heteroatoms. The van der Waals surface area contributed by atoms with Gasteiger partial charge in [-0.3, -0.25) is 9.80 Å². The second-order valence-electron chi connectivity index (χ2n) is 8.40. The number of urea groups is 1. The molecule has 0 aromatic heterocycles. The van der Waals surface area contributed by atoms with Crippen LogP contribution in [0.15, 0.2) is 109 Å². The Morgan fingerprint density at radius 3 is 1.19 bits per heavy atom. The highest BCUT2D eigenvalue weighted by molar-refractivity contribution is 6.08. The largest absolute Gasteiger partial charge is 0.330 e. The van der Waals surface area contributed by atoms with Crippen LogP contribution in [0.3, 0.4) is 0 Å². The Labute approximate surface area is 189 Å². The second-order valence-corrected chi connectivity index (χ2v) is 8.40. The molecule has 0 aliphatic carbocycles. The van der Waals surface area contributed by atoms with Crippen LogP contribution in [0.25, 0.3) is 0 Å². The Morgan fingerprint density at radius 1 is 0.500 bits per heavy atom. The number of carbonyl (C=O) groups is 1. The summed E-state index contributed by atoms with van der Waals surface area (Å²) in [7, 11) is 0. The molecule has 2 atom stereocenters. The van der Waals surface area contributed by atoms with Gasteiger partial charge in [0.25, 0.3) is 0 Å². The van der Waals surface area contributed by atoms with Crippen molar-refractivity contribution in [2.24, 2.45) is 0 Å². The number of hydrogen-bond donors (Lipinski definition) is 0. The molecule has 5 rings (SSSR count). The highest BCUT2D eigenvalue weighted by Crippen LogP contribution is 2.49. The third-order valence-corrected chi connectivity index (χ3v) is 6.17. The predicted molar refractivity (Wildman–Crippen MR) is 131 cm³/mol. The summed E-state index contributed by atoms with van der Waals surface area (Å²) in [5, 5.41) is 0. The summed E-state index contributed by atoms with van der Waals surface area (Å²) in [5.41, 5.74) is 6.46. The van der Waals surface area contributed by atoms with E-state index >= 15 is 0 Å². The van der Waals surface area contributed by atoms with E-state index < -0.39 is 0 Å². The van der Waals surface area contributed by atoms with E-state index in [1.165, 1.54) is 11.1 Å². The number of rotatable bonds is 4. The summed E-state index contributed by atoms with van der Waals surface area (Å²) in [5.74, 6) is 0. The first-order valence-corrected chi connectivity index (χ1v) is 11.0. The summed E-state index contributed by atoms with van der Waals surface area (Å²) in [6, 6.07) is 36.7. The fourth-order valence-corrected chi connectivity index (χ4v) is 4.55. The number of amides is 2. The molecule has 158 valence electrons. The third-order valence-electron chi connectivity index (χ3n) is 6.17. The summed E-state index contributed by atoms with van der Waals surface area (Å²) in [4.78, 5) is 18.0. The van der Waals surface area contributed by atoms with Crippen LogP contribution in [0.2, 0.25) is 0 Å². The van der Waals surface area contributed by atoms with E-state index in [0.717, 1.165) is 22.5 Å². The lowest BCUT2D eigenvalue weighted by Crippen LogP contribution is -2.32. The highest BCUT2D eigenvalue weighted by atomic mass is 16.2. The van der Waals surface area contributed by atoms with Gasteiger partial charge in [-0.2, -0.15) is 0 Å². The molecule has 2 amide bonds. The van der Waals surface area contributed by atoms with E-state index in [9.17, 15) is 4.79 Å². The smallest absolute Gasteiger partial charge is 0.284 e. The molecule has 4 aromatic rings. The van der Waals surface area contributed by atoms with Crippen LogP contribution < -0.4 is 9.80 Å². The van der Waals surface area contributed by atoms with Gasteiger partial charge in [-0.15, -0.1) is 0 Å². The standard InChI is InChI=1S/C29H26N2O/c1-21-13-17-23(18-14-21)27-28(24-19-15-22(2)16-20-24)31(26-11-7-4-8-12-26)29(32)30(27)25-9-5-3-6-10-25/h3-20,27-28H,1-2H3/t27-,28+. The van der Waals surface area contributed by atoms with E-state index in [0.29, 0.717) is 0 Å². The molecule has 3 nitrogen and oxygen atoms in total. The predicted octanol–water partition coefficient (Wildman–Crippen LogP) is 7.23. The number of aryl methyl sites for hydroxylation is 2. The summed E-state index contributed by atoms with van der Waals surface area (Å²) in [6.45, 7) is 4.18. The van der Waals surface area contributed by atoms with Crippen molar-refractivity contribution in [3.05, 3.63) is 131 Å². The number of hydrogen-bond acceptors (Lipinski definition) is 1. The van der Waals surface area contributed by atoms with Crippen molar-refractivity contribution in [1.29, 1.82) is 0 Å². The molecule has 1 aliphatic rings. The first kappa shape index (κ1) is 20.1. The molecular formula is C29H26N2O. The molecule has 1 fully saturated rings. The second kappa shape index (κ2) is 8.35. The maximum Gasteiger partial charge on any atom is 0.330 e. The van der Waals surface area contributed by atoms with E-state index in [1.54, 1.807) is 0 Å². The van der Waals surface area contributed by atoms with Gasteiger partial charge in [-0.25, -0.2) is 4.79 Å². The van der Waals surface area contributed by atoms with Gasteiger partial charge in [0.1, 0.15) is 0 Å². The molecule has 1 heterocycles. The van der Waals surface area contributed by atoms with Crippen LogP contribution in [-0.2, 0) is 0 Å². The maximum atomic E-state index is 14.1. The van der Waals surface area contributed by atoms with Crippen LogP contribution in [0.4, 0.5) is 16.2 Å². The first-order chi connectivity index (χ1) is 15.6. The zero-order valence-corrected chi connectivity index (χ0v) is 18.3. The van der Waals surface area contributed by atoms with Crippen LogP contribution in [0.1, 0.15) is 34.3 Å². The average Bonchev–Trinajstić information content (AvgIpc) is 3.14. The Hall–Kier alpha value is -3.85.